The van der Waals surface area contributed by atoms with Gasteiger partial charge in [0.15, 0.2) is 0 Å². The van der Waals surface area contributed by atoms with Crippen molar-refractivity contribution in [1.82, 2.24) is 0 Å². The van der Waals surface area contributed by atoms with Crippen LogP contribution >= 0.6 is 45.2 Å². The molecule has 0 atom stereocenters. The Hall–Kier alpha value is 0.630. The third-order valence-corrected chi connectivity index (χ3v) is 3.69. The fourth-order valence-corrected chi connectivity index (χ4v) is 1.00. The highest BCUT2D eigenvalue weighted by Gasteiger charge is 2.07. The molecule has 0 radical (unpaired) electrons. The molecule has 0 spiro atoms. The molecule has 0 bridgehead atoms. The minimum absolute atomic E-state index is 0.319. The number of rotatable bonds is 3. The number of hydrogen-bond donors (Lipinski definition) is 1. The summed E-state index contributed by atoms with van der Waals surface area (Å²) in [7, 11) is 1.53. The van der Waals surface area contributed by atoms with Gasteiger partial charge in [-0.2, -0.15) is 0 Å². The molecular weight excluding hydrogens is 362 g/mol. The molecule has 0 rings (SSSR count). The zero-order chi connectivity index (χ0) is 8.15. The minimum atomic E-state index is -0.901. The van der Waals surface area contributed by atoms with E-state index in [4.69, 9.17) is 9.84 Å². The molecule has 0 saturated heterocycles. The monoisotopic (exact) mass is 368 g/mol. The lowest BCUT2D eigenvalue weighted by Crippen LogP contribution is -1.98. The Balaban J connectivity index is 4.19. The maximum Gasteiger partial charge on any atom is 0.342 e. The molecule has 0 unspecified atom stereocenters. The Labute approximate surface area is 86.1 Å². The zero-order valence-electron chi connectivity index (χ0n) is 5.23. The van der Waals surface area contributed by atoms with E-state index in [-0.39, 0.29) is 0 Å². The van der Waals surface area contributed by atoms with Gasteiger partial charge in [0.1, 0.15) is 3.58 Å². The topological polar surface area (TPSA) is 46.5 Å². The van der Waals surface area contributed by atoms with Crippen LogP contribution in [0.1, 0.15) is 0 Å². The average molecular weight is 368 g/mol. The van der Waals surface area contributed by atoms with E-state index in [0.29, 0.717) is 13.8 Å². The molecule has 0 heterocycles. The van der Waals surface area contributed by atoms with Crippen molar-refractivity contribution in [3.63, 3.8) is 0 Å². The number of hydrogen-bond acceptors (Lipinski definition) is 2. The maximum atomic E-state index is 10.3. The standard InChI is InChI=1S/C5H6I2O3/c1-10-2-3(6)4(7)5(8)9/h2H2,1H3,(H,8,9)/b4-3+. The highest BCUT2D eigenvalue weighted by atomic mass is 127. The second-order valence-corrected chi connectivity index (χ2v) is 3.84. The van der Waals surface area contributed by atoms with E-state index in [1.54, 1.807) is 22.6 Å². The van der Waals surface area contributed by atoms with Gasteiger partial charge in [0.25, 0.3) is 0 Å². The van der Waals surface area contributed by atoms with Crippen molar-refractivity contribution < 1.29 is 14.6 Å². The lowest BCUT2D eigenvalue weighted by molar-refractivity contribution is -0.131. The molecule has 0 aliphatic rings. The molecule has 58 valence electrons. The summed E-state index contributed by atoms with van der Waals surface area (Å²) in [5.74, 6) is -0.901. The molecular formula is C5H6I2O3. The van der Waals surface area contributed by atoms with Gasteiger partial charge in [0, 0.05) is 10.7 Å². The van der Waals surface area contributed by atoms with Crippen molar-refractivity contribution in [2.75, 3.05) is 13.7 Å². The molecule has 5 heteroatoms. The first kappa shape index (κ1) is 10.6. The Morgan fingerprint density at radius 3 is 2.40 bits per heavy atom. The van der Waals surface area contributed by atoms with Crippen LogP contribution in [0.15, 0.2) is 7.16 Å². The predicted octanol–water partition coefficient (Wildman–Crippen LogP) is 1.80. The summed E-state index contributed by atoms with van der Waals surface area (Å²) < 4.78 is 5.78. The number of halogens is 2. The highest BCUT2D eigenvalue weighted by Crippen LogP contribution is 2.18. The van der Waals surface area contributed by atoms with Crippen LogP contribution in [-0.2, 0) is 9.53 Å². The van der Waals surface area contributed by atoms with Crippen LogP contribution in [0.3, 0.4) is 0 Å². The van der Waals surface area contributed by atoms with E-state index >= 15 is 0 Å². The van der Waals surface area contributed by atoms with Gasteiger partial charge in [-0.3, -0.25) is 0 Å². The van der Waals surface area contributed by atoms with E-state index in [1.165, 1.54) is 7.11 Å². The number of ether oxygens (including phenoxy) is 1. The van der Waals surface area contributed by atoms with Crippen molar-refractivity contribution in [3.8, 4) is 0 Å². The van der Waals surface area contributed by atoms with Crippen molar-refractivity contribution in [2.24, 2.45) is 0 Å². The summed E-state index contributed by atoms with van der Waals surface area (Å²) in [5.41, 5.74) is 0. The van der Waals surface area contributed by atoms with Gasteiger partial charge in [-0.05, 0) is 45.2 Å². The highest BCUT2D eigenvalue weighted by molar-refractivity contribution is 14.1. The molecule has 0 fully saturated rings. The van der Waals surface area contributed by atoms with E-state index in [9.17, 15) is 4.79 Å². The van der Waals surface area contributed by atoms with Crippen LogP contribution in [-0.4, -0.2) is 24.8 Å². The molecule has 3 nitrogen and oxygen atoms in total. The molecule has 0 aromatic carbocycles. The molecule has 0 amide bonds. The first-order chi connectivity index (χ1) is 4.59. The van der Waals surface area contributed by atoms with Crippen LogP contribution in [0.5, 0.6) is 0 Å². The van der Waals surface area contributed by atoms with E-state index < -0.39 is 5.97 Å². The van der Waals surface area contributed by atoms with Crippen LogP contribution in [0.2, 0.25) is 0 Å². The van der Waals surface area contributed by atoms with Gasteiger partial charge in [0.2, 0.25) is 0 Å². The number of aliphatic carboxylic acids is 1. The molecule has 10 heavy (non-hydrogen) atoms. The molecule has 0 saturated carbocycles. The van der Waals surface area contributed by atoms with Gasteiger partial charge in [-0.25, -0.2) is 4.79 Å². The maximum absolute atomic E-state index is 10.3. The largest absolute Gasteiger partial charge is 0.477 e. The van der Waals surface area contributed by atoms with Crippen molar-refractivity contribution in [1.29, 1.82) is 0 Å². The number of carbonyl (C=O) groups is 1. The van der Waals surface area contributed by atoms with Crippen LogP contribution in [0, 0.1) is 0 Å². The number of carboxylic acids is 1. The first-order valence-electron chi connectivity index (χ1n) is 2.36. The second-order valence-electron chi connectivity index (χ2n) is 1.46. The van der Waals surface area contributed by atoms with E-state index in [2.05, 4.69) is 0 Å². The van der Waals surface area contributed by atoms with Gasteiger partial charge < -0.3 is 9.84 Å². The fourth-order valence-electron chi connectivity index (χ4n) is 0.306. The van der Waals surface area contributed by atoms with Crippen molar-refractivity contribution in [2.45, 2.75) is 0 Å². The lowest BCUT2D eigenvalue weighted by Gasteiger charge is -1.97. The number of methoxy groups -OCH3 is 1. The third-order valence-electron chi connectivity index (χ3n) is 0.697. The summed E-state index contributed by atoms with van der Waals surface area (Å²) >= 11 is 3.72. The predicted molar refractivity (Wildman–Crippen MR) is 54.6 cm³/mol. The van der Waals surface area contributed by atoms with Crippen LogP contribution in [0.4, 0.5) is 0 Å². The molecule has 0 aromatic rings. The van der Waals surface area contributed by atoms with Gasteiger partial charge in [-0.1, -0.05) is 0 Å². The average Bonchev–Trinajstić information content (AvgIpc) is 1.87. The van der Waals surface area contributed by atoms with Crippen molar-refractivity contribution in [3.05, 3.63) is 7.16 Å². The zero-order valence-corrected chi connectivity index (χ0v) is 9.54. The first-order valence-corrected chi connectivity index (χ1v) is 4.51. The quantitative estimate of drug-likeness (QED) is 0.611. The Kier molecular flexibility index (Phi) is 5.64. The SMILES string of the molecule is COC/C(I)=C(\I)C(=O)O. The van der Waals surface area contributed by atoms with Gasteiger partial charge in [0.05, 0.1) is 6.61 Å². The van der Waals surface area contributed by atoms with Gasteiger partial charge in [-0.15, -0.1) is 0 Å². The summed E-state index contributed by atoms with van der Waals surface area (Å²) in [4.78, 5) is 10.3. The summed E-state index contributed by atoms with van der Waals surface area (Å²) in [6.07, 6.45) is 0. The summed E-state index contributed by atoms with van der Waals surface area (Å²) in [5, 5.41) is 8.45. The lowest BCUT2D eigenvalue weighted by atomic mass is 10.5. The molecule has 1 N–H and O–H groups in total. The second kappa shape index (κ2) is 5.30. The van der Waals surface area contributed by atoms with Crippen LogP contribution in [0.25, 0.3) is 0 Å². The Morgan fingerprint density at radius 1 is 1.60 bits per heavy atom. The van der Waals surface area contributed by atoms with Crippen molar-refractivity contribution >= 4 is 51.2 Å². The fraction of sp³-hybridized carbons (Fsp3) is 0.400. The minimum Gasteiger partial charge on any atom is -0.477 e. The number of carboxylic acid groups (broad SMARTS) is 1. The van der Waals surface area contributed by atoms with Crippen LogP contribution < -0.4 is 0 Å². The molecule has 0 aliphatic carbocycles. The third kappa shape index (κ3) is 3.71. The molecule has 0 aliphatic heterocycles. The normalized spacial score (nSPS) is 12.7. The Bertz CT molecular complexity index is 164. The van der Waals surface area contributed by atoms with E-state index in [0.717, 1.165) is 0 Å². The van der Waals surface area contributed by atoms with Gasteiger partial charge >= 0.3 is 5.97 Å². The summed E-state index contributed by atoms with van der Waals surface area (Å²) in [6, 6.07) is 0. The molecule has 0 aromatic heterocycles. The van der Waals surface area contributed by atoms with E-state index in [1.807, 2.05) is 22.6 Å². The summed E-state index contributed by atoms with van der Waals surface area (Å²) in [6.45, 7) is 0.366. The smallest absolute Gasteiger partial charge is 0.342 e. The Morgan fingerprint density at radius 2 is 2.10 bits per heavy atom.